The van der Waals surface area contributed by atoms with Crippen molar-refractivity contribution in [2.24, 2.45) is 0 Å². The van der Waals surface area contributed by atoms with Crippen molar-refractivity contribution in [2.75, 3.05) is 0 Å². The van der Waals surface area contributed by atoms with Crippen LogP contribution >= 0.6 is 15.9 Å². The fraction of sp³-hybridized carbons (Fsp3) is 0.176. The van der Waals surface area contributed by atoms with Crippen LogP contribution in [0.25, 0.3) is 0 Å². The summed E-state index contributed by atoms with van der Waals surface area (Å²) >= 11 is 3.25. The molecule has 0 saturated carbocycles. The molecule has 0 N–H and O–H groups in total. The van der Waals surface area contributed by atoms with Crippen LogP contribution in [0.3, 0.4) is 0 Å². The Morgan fingerprint density at radius 1 is 1.32 bits per heavy atom. The maximum absolute atomic E-state index is 14.8. The Hall–Kier alpha value is -2.19. The molecule has 2 aromatic carbocycles. The predicted octanol–water partition coefficient (Wildman–Crippen LogP) is 4.19. The third-order valence-electron chi connectivity index (χ3n) is 3.06. The number of aryl methyl sites for hydroxylation is 1. The lowest BCUT2D eigenvalue weighted by Crippen LogP contribution is -2.31. The van der Waals surface area contributed by atoms with Gasteiger partial charge in [-0.2, -0.15) is 5.26 Å². The van der Waals surface area contributed by atoms with Gasteiger partial charge in [0.1, 0.15) is 12.7 Å². The van der Waals surface area contributed by atoms with E-state index in [0.29, 0.717) is 5.56 Å². The van der Waals surface area contributed by atoms with Crippen LogP contribution in [0.1, 0.15) is 18.1 Å². The van der Waals surface area contributed by atoms with E-state index in [9.17, 15) is 9.18 Å². The molecule has 0 aliphatic carbocycles. The fourth-order valence-corrected chi connectivity index (χ4v) is 2.02. The summed E-state index contributed by atoms with van der Waals surface area (Å²) in [6.45, 7) is 0.395. The normalized spacial score (nSPS) is 15.1. The van der Waals surface area contributed by atoms with Crippen molar-refractivity contribution in [1.82, 2.24) is 0 Å². The number of benzene rings is 2. The van der Waals surface area contributed by atoms with Gasteiger partial charge in [-0.1, -0.05) is 57.9 Å². The summed E-state index contributed by atoms with van der Waals surface area (Å²) < 4.78 is 28.3. The molecular weight excluding hydrogens is 349 g/mol. The van der Waals surface area contributed by atoms with Gasteiger partial charge < -0.3 is 4.74 Å². The monoisotopic (exact) mass is 362 g/mol. The van der Waals surface area contributed by atoms with Crippen molar-refractivity contribution in [2.45, 2.75) is 19.2 Å². The van der Waals surface area contributed by atoms with Crippen LogP contribution in [-0.4, -0.2) is 5.97 Å². The van der Waals surface area contributed by atoms with Crippen LogP contribution < -0.4 is 0 Å². The van der Waals surface area contributed by atoms with E-state index in [1.807, 2.05) is 6.92 Å². The summed E-state index contributed by atoms with van der Waals surface area (Å²) in [7, 11) is 0. The highest BCUT2D eigenvalue weighted by molar-refractivity contribution is 9.10. The number of nitriles is 1. The summed E-state index contributed by atoms with van der Waals surface area (Å²) in [6.07, 6.45) is 0. The minimum absolute atomic E-state index is 0.112. The van der Waals surface area contributed by atoms with E-state index < -0.39 is 18.2 Å². The number of rotatable bonds is 4. The van der Waals surface area contributed by atoms with E-state index in [4.69, 9.17) is 11.4 Å². The molecule has 22 heavy (non-hydrogen) atoms. The Morgan fingerprint density at radius 3 is 2.45 bits per heavy atom. The summed E-state index contributed by atoms with van der Waals surface area (Å²) in [5, 5.41) is 9.11. The third-order valence-corrected chi connectivity index (χ3v) is 3.59. The number of carbonyl (C=O) groups excluding carboxylic acids is 1. The number of halogens is 2. The van der Waals surface area contributed by atoms with Crippen LogP contribution in [0, 0.1) is 18.3 Å². The second-order valence-electron chi connectivity index (χ2n) is 4.71. The van der Waals surface area contributed by atoms with Gasteiger partial charge in [0.25, 0.3) is 0 Å². The molecular formula is C17H13BrFNO2. The molecule has 3 nitrogen and oxygen atoms in total. The standard InChI is InChI=1S/C17H13BrFNO2/c1-12-2-6-14(7-3-12)17(19,11-20)16(21)22-10-13-4-8-15(18)9-5-13/h2-9H,10H2,1H3/i10D/t10-,17?/m0/s1. The lowest BCUT2D eigenvalue weighted by molar-refractivity contribution is -0.156. The number of hydrogen-bond donors (Lipinski definition) is 0. The van der Waals surface area contributed by atoms with E-state index >= 15 is 0 Å². The summed E-state index contributed by atoms with van der Waals surface area (Å²) in [4.78, 5) is 12.1. The van der Waals surface area contributed by atoms with Crippen molar-refractivity contribution < 1.29 is 15.3 Å². The van der Waals surface area contributed by atoms with Gasteiger partial charge in [0.15, 0.2) is 0 Å². The molecule has 2 rings (SSSR count). The molecule has 112 valence electrons. The second-order valence-corrected chi connectivity index (χ2v) is 5.63. The average molecular weight is 363 g/mol. The van der Waals surface area contributed by atoms with Crippen molar-refractivity contribution in [3.63, 3.8) is 0 Å². The SMILES string of the molecule is [2H][C@H](OC(=O)C(F)(C#N)c1ccc(C)cc1)c1ccc(Br)cc1. The van der Waals surface area contributed by atoms with Gasteiger partial charge in [-0.15, -0.1) is 0 Å². The molecule has 0 fully saturated rings. The quantitative estimate of drug-likeness (QED) is 0.766. The minimum Gasteiger partial charge on any atom is -0.457 e. The molecule has 0 spiro atoms. The zero-order valence-corrected chi connectivity index (χ0v) is 13.3. The van der Waals surface area contributed by atoms with Gasteiger partial charge in [0.2, 0.25) is 0 Å². The largest absolute Gasteiger partial charge is 0.457 e. The third kappa shape index (κ3) is 3.52. The van der Waals surface area contributed by atoms with Crippen LogP contribution in [0.4, 0.5) is 4.39 Å². The van der Waals surface area contributed by atoms with Gasteiger partial charge in [0, 0.05) is 10.0 Å². The van der Waals surface area contributed by atoms with Gasteiger partial charge in [-0.25, -0.2) is 9.18 Å². The number of hydrogen-bond acceptors (Lipinski definition) is 3. The number of alkyl halides is 1. The molecule has 0 aromatic heterocycles. The highest BCUT2D eigenvalue weighted by Crippen LogP contribution is 2.28. The van der Waals surface area contributed by atoms with E-state index in [1.54, 1.807) is 36.4 Å². The second kappa shape index (κ2) is 6.71. The maximum atomic E-state index is 14.8. The lowest BCUT2D eigenvalue weighted by Gasteiger charge is -2.16. The molecule has 2 aromatic rings. The molecule has 5 heteroatoms. The Kier molecular flexibility index (Phi) is 4.50. The topological polar surface area (TPSA) is 50.1 Å². The Balaban J connectivity index is 2.21. The highest BCUT2D eigenvalue weighted by Gasteiger charge is 2.43. The summed E-state index contributed by atoms with van der Waals surface area (Å²) in [6, 6.07) is 13.8. The molecule has 0 radical (unpaired) electrons. The summed E-state index contributed by atoms with van der Waals surface area (Å²) in [5.41, 5.74) is -1.80. The molecule has 2 atom stereocenters. The number of carbonyl (C=O) groups is 1. The molecule has 0 heterocycles. The maximum Gasteiger partial charge on any atom is 0.364 e. The Bertz CT molecular complexity index is 743. The van der Waals surface area contributed by atoms with E-state index in [2.05, 4.69) is 15.9 Å². The highest BCUT2D eigenvalue weighted by atomic mass is 79.9. The molecule has 1 unspecified atom stereocenters. The first kappa shape index (κ1) is 14.7. The van der Waals surface area contributed by atoms with E-state index in [1.165, 1.54) is 18.2 Å². The predicted molar refractivity (Wildman–Crippen MR) is 83.5 cm³/mol. The van der Waals surface area contributed by atoms with E-state index in [0.717, 1.165) is 10.0 Å². The Labute approximate surface area is 137 Å². The van der Waals surface area contributed by atoms with Crippen molar-refractivity contribution >= 4 is 21.9 Å². The smallest absolute Gasteiger partial charge is 0.364 e. The van der Waals surface area contributed by atoms with E-state index in [-0.39, 0.29) is 5.56 Å². The molecule has 0 aliphatic rings. The first-order valence-corrected chi connectivity index (χ1v) is 7.22. The number of ether oxygens (including phenoxy) is 1. The van der Waals surface area contributed by atoms with Crippen LogP contribution in [0.2, 0.25) is 0 Å². The molecule has 0 amide bonds. The average Bonchev–Trinajstić information content (AvgIpc) is 2.55. The van der Waals surface area contributed by atoms with Gasteiger partial charge in [-0.05, 0) is 24.6 Å². The van der Waals surface area contributed by atoms with Gasteiger partial charge in [-0.3, -0.25) is 0 Å². The molecule has 0 bridgehead atoms. The zero-order valence-electron chi connectivity index (χ0n) is 12.7. The van der Waals surface area contributed by atoms with Crippen LogP contribution in [0.15, 0.2) is 53.0 Å². The lowest BCUT2D eigenvalue weighted by atomic mass is 9.96. The van der Waals surface area contributed by atoms with Crippen molar-refractivity contribution in [3.05, 3.63) is 69.7 Å². The molecule has 0 aliphatic heterocycles. The fourth-order valence-electron chi connectivity index (χ4n) is 1.76. The zero-order chi connectivity index (χ0) is 17.0. The molecule has 0 saturated heterocycles. The van der Waals surface area contributed by atoms with Crippen LogP contribution in [-0.2, 0) is 21.8 Å². The number of nitrogens with zero attached hydrogens (tertiary/aromatic N) is 1. The summed E-state index contributed by atoms with van der Waals surface area (Å²) in [5.74, 6) is -1.40. The van der Waals surface area contributed by atoms with Gasteiger partial charge in [0.05, 0.1) is 1.37 Å². The van der Waals surface area contributed by atoms with Crippen molar-refractivity contribution in [3.8, 4) is 6.07 Å². The van der Waals surface area contributed by atoms with Gasteiger partial charge >= 0.3 is 11.6 Å². The first-order chi connectivity index (χ1) is 10.9. The minimum atomic E-state index is -2.94. The van der Waals surface area contributed by atoms with Crippen molar-refractivity contribution in [1.29, 1.82) is 5.26 Å². The number of esters is 1. The Morgan fingerprint density at radius 2 is 1.91 bits per heavy atom. The van der Waals surface area contributed by atoms with Crippen LogP contribution in [0.5, 0.6) is 0 Å². The first-order valence-electron chi connectivity index (χ1n) is 7.00.